The summed E-state index contributed by atoms with van der Waals surface area (Å²) >= 11 is 0. The number of aryl methyl sites for hydroxylation is 2. The van der Waals surface area contributed by atoms with Crippen molar-refractivity contribution in [2.75, 3.05) is 11.0 Å². The van der Waals surface area contributed by atoms with Crippen LogP contribution in [-0.2, 0) is 33.8 Å². The predicted octanol–water partition coefficient (Wildman–Crippen LogP) is 6.15. The number of hydrogen-bond acceptors (Lipinski definition) is 3. The first-order valence-corrected chi connectivity index (χ1v) is 13.2. The molecule has 2 rings (SSSR count). The number of hydrogen-bond donors (Lipinski definition) is 2. The summed E-state index contributed by atoms with van der Waals surface area (Å²) in [6.07, 6.45) is 0.897. The quantitative estimate of drug-likeness (QED) is 0.285. The smallest absolute Gasteiger partial charge is 0.346 e. The number of alkyl halides is 3. The molecule has 0 saturated heterocycles. The van der Waals surface area contributed by atoms with Crippen LogP contribution in [0.25, 0.3) is 6.08 Å². The standard InChI is InChI=1S/C25H29F5N2O3S/c1-5-7-16-11-19(25(28,29)30)12-17(8-6-2)20(16)9-10-23(33)31-15(3)18-13-21(26)24(22(27)14-18)32-36(4,34)35/h9-15,32H,5-8H2,1-4H3,(H,31,33)/b10-9-. The van der Waals surface area contributed by atoms with Crippen molar-refractivity contribution in [1.82, 2.24) is 5.32 Å². The Kier molecular flexibility index (Phi) is 9.64. The first-order chi connectivity index (χ1) is 16.7. The molecule has 0 radical (unpaired) electrons. The molecule has 0 saturated carbocycles. The SMILES string of the molecule is CCCc1cc(C(F)(F)F)cc(CCC)c1/C=C\C(=O)NC(C)c1cc(F)c(NS(C)(=O)=O)c(F)c1. The van der Waals surface area contributed by atoms with Gasteiger partial charge in [0.05, 0.1) is 17.9 Å². The average Bonchev–Trinajstić information content (AvgIpc) is 2.74. The van der Waals surface area contributed by atoms with Crippen molar-refractivity contribution in [2.24, 2.45) is 0 Å². The minimum atomic E-state index is -4.49. The molecular formula is C25H29F5N2O3S. The fourth-order valence-electron chi connectivity index (χ4n) is 3.74. The Morgan fingerprint density at radius 2 is 1.50 bits per heavy atom. The molecule has 0 fully saturated rings. The second-order valence-corrected chi connectivity index (χ2v) is 10.3. The van der Waals surface area contributed by atoms with E-state index in [2.05, 4.69) is 5.32 Å². The zero-order chi connectivity index (χ0) is 27.3. The van der Waals surface area contributed by atoms with E-state index in [1.54, 1.807) is 4.72 Å². The second kappa shape index (κ2) is 11.9. The van der Waals surface area contributed by atoms with E-state index in [1.165, 1.54) is 19.1 Å². The van der Waals surface area contributed by atoms with Gasteiger partial charge >= 0.3 is 6.18 Å². The molecule has 2 aromatic rings. The van der Waals surface area contributed by atoms with Gasteiger partial charge in [-0.3, -0.25) is 9.52 Å². The van der Waals surface area contributed by atoms with E-state index in [1.807, 2.05) is 13.8 Å². The van der Waals surface area contributed by atoms with Crippen LogP contribution in [0.3, 0.4) is 0 Å². The topological polar surface area (TPSA) is 75.3 Å². The van der Waals surface area contributed by atoms with Crippen LogP contribution < -0.4 is 10.0 Å². The third-order valence-corrected chi connectivity index (χ3v) is 5.90. The van der Waals surface area contributed by atoms with Crippen LogP contribution in [0.1, 0.15) is 67.5 Å². The second-order valence-electron chi connectivity index (χ2n) is 8.50. The molecule has 36 heavy (non-hydrogen) atoms. The van der Waals surface area contributed by atoms with Crippen molar-refractivity contribution in [2.45, 2.75) is 58.7 Å². The van der Waals surface area contributed by atoms with Gasteiger partial charge in [-0.25, -0.2) is 17.2 Å². The molecular weight excluding hydrogens is 503 g/mol. The van der Waals surface area contributed by atoms with Crippen LogP contribution in [0, 0.1) is 11.6 Å². The summed E-state index contributed by atoms with van der Waals surface area (Å²) in [6, 6.07) is 3.15. The van der Waals surface area contributed by atoms with Gasteiger partial charge in [0.2, 0.25) is 15.9 Å². The molecule has 0 aromatic heterocycles. The molecule has 11 heteroatoms. The van der Waals surface area contributed by atoms with E-state index in [-0.39, 0.29) is 5.56 Å². The minimum Gasteiger partial charge on any atom is -0.346 e. The first-order valence-electron chi connectivity index (χ1n) is 11.3. The van der Waals surface area contributed by atoms with E-state index in [0.29, 0.717) is 42.4 Å². The summed E-state index contributed by atoms with van der Waals surface area (Å²) in [5.74, 6) is -2.91. The highest BCUT2D eigenvalue weighted by Crippen LogP contribution is 2.34. The summed E-state index contributed by atoms with van der Waals surface area (Å²) in [7, 11) is -3.91. The Morgan fingerprint density at radius 3 is 1.92 bits per heavy atom. The van der Waals surface area contributed by atoms with Crippen molar-refractivity contribution in [3.63, 3.8) is 0 Å². The summed E-state index contributed by atoms with van der Waals surface area (Å²) in [4.78, 5) is 12.5. The first kappa shape index (κ1) is 29.3. The van der Waals surface area contributed by atoms with Gasteiger partial charge in [0.15, 0.2) is 11.6 Å². The van der Waals surface area contributed by atoms with Crippen molar-refractivity contribution < 1.29 is 35.2 Å². The van der Waals surface area contributed by atoms with Crippen LogP contribution in [0.2, 0.25) is 0 Å². The van der Waals surface area contributed by atoms with E-state index >= 15 is 0 Å². The van der Waals surface area contributed by atoms with Crippen LogP contribution in [0.4, 0.5) is 27.6 Å². The molecule has 1 atom stereocenters. The molecule has 1 unspecified atom stereocenters. The lowest BCUT2D eigenvalue weighted by Gasteiger charge is -2.17. The zero-order valence-electron chi connectivity index (χ0n) is 20.4. The maximum atomic E-state index is 14.3. The number of halogens is 5. The van der Waals surface area contributed by atoms with Crippen LogP contribution in [0.15, 0.2) is 30.3 Å². The van der Waals surface area contributed by atoms with Crippen molar-refractivity contribution in [3.8, 4) is 0 Å². The third-order valence-electron chi connectivity index (χ3n) is 5.33. The molecule has 2 aromatic carbocycles. The number of benzene rings is 2. The monoisotopic (exact) mass is 532 g/mol. The molecule has 0 aliphatic rings. The van der Waals surface area contributed by atoms with Gasteiger partial charge in [-0.1, -0.05) is 26.7 Å². The fraction of sp³-hybridized carbons (Fsp3) is 0.400. The van der Waals surface area contributed by atoms with Gasteiger partial charge in [0.1, 0.15) is 5.69 Å². The summed E-state index contributed by atoms with van der Waals surface area (Å²) in [5.41, 5.74) is -0.00481. The van der Waals surface area contributed by atoms with Crippen molar-refractivity contribution in [1.29, 1.82) is 0 Å². The van der Waals surface area contributed by atoms with Crippen LogP contribution >= 0.6 is 0 Å². The maximum absolute atomic E-state index is 14.3. The van der Waals surface area contributed by atoms with Gasteiger partial charge < -0.3 is 5.32 Å². The lowest BCUT2D eigenvalue weighted by molar-refractivity contribution is -0.137. The number of carbonyl (C=O) groups excluding carboxylic acids is 1. The molecule has 0 bridgehead atoms. The molecule has 0 aliphatic heterocycles. The zero-order valence-corrected chi connectivity index (χ0v) is 21.2. The number of sulfonamides is 1. The molecule has 1 amide bonds. The lowest BCUT2D eigenvalue weighted by atomic mass is 9.92. The van der Waals surface area contributed by atoms with Gasteiger partial charge in [0, 0.05) is 6.08 Å². The Balaban J connectivity index is 2.31. The Labute approximate surface area is 207 Å². The Morgan fingerprint density at radius 1 is 1.00 bits per heavy atom. The number of rotatable bonds is 10. The lowest BCUT2D eigenvalue weighted by Crippen LogP contribution is -2.25. The third kappa shape index (κ3) is 8.04. The van der Waals surface area contributed by atoms with Gasteiger partial charge in [-0.2, -0.15) is 13.2 Å². The number of carbonyl (C=O) groups is 1. The molecule has 198 valence electrons. The van der Waals surface area contributed by atoms with Gasteiger partial charge in [-0.05, 0) is 72.4 Å². The molecule has 0 heterocycles. The molecule has 5 nitrogen and oxygen atoms in total. The summed E-state index contributed by atoms with van der Waals surface area (Å²) in [6.45, 7) is 5.17. The van der Waals surface area contributed by atoms with E-state index in [0.717, 1.165) is 30.5 Å². The highest BCUT2D eigenvalue weighted by Gasteiger charge is 2.31. The highest BCUT2D eigenvalue weighted by atomic mass is 32.2. The largest absolute Gasteiger partial charge is 0.416 e. The average molecular weight is 533 g/mol. The molecule has 2 N–H and O–H groups in total. The van der Waals surface area contributed by atoms with Crippen LogP contribution in [-0.4, -0.2) is 20.6 Å². The van der Waals surface area contributed by atoms with Crippen LogP contribution in [0.5, 0.6) is 0 Å². The summed E-state index contributed by atoms with van der Waals surface area (Å²) in [5, 5.41) is 2.55. The number of amides is 1. The number of anilines is 1. The number of nitrogens with one attached hydrogen (secondary N) is 2. The van der Waals surface area contributed by atoms with Gasteiger partial charge in [0.25, 0.3) is 0 Å². The predicted molar refractivity (Wildman–Crippen MR) is 130 cm³/mol. The highest BCUT2D eigenvalue weighted by molar-refractivity contribution is 7.92. The van der Waals surface area contributed by atoms with Crippen molar-refractivity contribution in [3.05, 3.63) is 69.8 Å². The van der Waals surface area contributed by atoms with E-state index in [9.17, 15) is 35.2 Å². The van der Waals surface area contributed by atoms with Gasteiger partial charge in [-0.15, -0.1) is 0 Å². The van der Waals surface area contributed by atoms with E-state index in [4.69, 9.17) is 0 Å². The Hall–Kier alpha value is -2.95. The van der Waals surface area contributed by atoms with Crippen molar-refractivity contribution >= 4 is 27.7 Å². The fourth-order valence-corrected chi connectivity index (χ4v) is 4.30. The maximum Gasteiger partial charge on any atom is 0.416 e. The Bertz CT molecular complexity index is 1190. The minimum absolute atomic E-state index is 0.0543. The normalized spacial score (nSPS) is 13.1. The summed E-state index contributed by atoms with van der Waals surface area (Å²) < 4.78 is 93.0. The molecule has 0 aliphatic carbocycles. The molecule has 0 spiro atoms. The van der Waals surface area contributed by atoms with E-state index < -0.39 is 51.0 Å².